The van der Waals surface area contributed by atoms with E-state index in [-0.39, 0.29) is 10.6 Å². The summed E-state index contributed by atoms with van der Waals surface area (Å²) in [5.41, 5.74) is 6.15. The lowest BCUT2D eigenvalue weighted by Crippen LogP contribution is -2.26. The first-order chi connectivity index (χ1) is 9.82. The summed E-state index contributed by atoms with van der Waals surface area (Å²) in [6.07, 6.45) is 0. The van der Waals surface area contributed by atoms with E-state index in [1.165, 1.54) is 43.4 Å². The van der Waals surface area contributed by atoms with E-state index in [0.717, 1.165) is 4.31 Å². The molecule has 0 heterocycles. The molecule has 0 bridgehead atoms. The number of rotatable bonds is 4. The highest BCUT2D eigenvalue weighted by Gasteiger charge is 2.21. The molecule has 8 heteroatoms. The lowest BCUT2D eigenvalue weighted by Gasteiger charge is -2.19. The van der Waals surface area contributed by atoms with Gasteiger partial charge in [0.15, 0.2) is 0 Å². The van der Waals surface area contributed by atoms with Crippen molar-refractivity contribution in [2.75, 3.05) is 17.1 Å². The molecule has 2 rings (SSSR count). The molecule has 110 valence electrons. The second kappa shape index (κ2) is 5.41. The Morgan fingerprint density at radius 1 is 1.14 bits per heavy atom. The van der Waals surface area contributed by atoms with Crippen LogP contribution in [0.4, 0.5) is 17.1 Å². The number of benzene rings is 2. The van der Waals surface area contributed by atoms with Crippen LogP contribution in [0.5, 0.6) is 0 Å². The van der Waals surface area contributed by atoms with Crippen LogP contribution in [0.2, 0.25) is 0 Å². The molecule has 0 spiro atoms. The van der Waals surface area contributed by atoms with Crippen LogP contribution in [0, 0.1) is 10.1 Å². The first-order valence-electron chi connectivity index (χ1n) is 5.91. The third kappa shape index (κ3) is 2.95. The van der Waals surface area contributed by atoms with Crippen LogP contribution >= 0.6 is 0 Å². The molecule has 7 nitrogen and oxygen atoms in total. The molecule has 0 aliphatic carbocycles. The number of hydrogen-bond acceptors (Lipinski definition) is 5. The SMILES string of the molecule is CN(c1ccc([N+](=O)[O-])cc1)S(=O)(=O)c1cccc(N)c1. The number of non-ortho nitro benzene ring substituents is 1. The lowest BCUT2D eigenvalue weighted by atomic mass is 10.3. The van der Waals surface area contributed by atoms with Crippen LogP contribution in [0.25, 0.3) is 0 Å². The Morgan fingerprint density at radius 3 is 2.29 bits per heavy atom. The molecule has 0 radical (unpaired) electrons. The van der Waals surface area contributed by atoms with Gasteiger partial charge in [0.25, 0.3) is 15.7 Å². The molecule has 0 unspecified atom stereocenters. The lowest BCUT2D eigenvalue weighted by molar-refractivity contribution is -0.384. The van der Waals surface area contributed by atoms with Gasteiger partial charge in [-0.15, -0.1) is 0 Å². The molecular weight excluding hydrogens is 294 g/mol. The molecule has 0 amide bonds. The summed E-state index contributed by atoms with van der Waals surface area (Å²) in [5, 5.41) is 10.6. The number of anilines is 2. The summed E-state index contributed by atoms with van der Waals surface area (Å²) in [6.45, 7) is 0. The minimum Gasteiger partial charge on any atom is -0.399 e. The molecule has 0 aromatic heterocycles. The fraction of sp³-hybridized carbons (Fsp3) is 0.0769. The van der Waals surface area contributed by atoms with Gasteiger partial charge in [0.05, 0.1) is 15.5 Å². The van der Waals surface area contributed by atoms with E-state index in [4.69, 9.17) is 5.73 Å². The summed E-state index contributed by atoms with van der Waals surface area (Å²) < 4.78 is 25.9. The Kier molecular flexibility index (Phi) is 3.81. The van der Waals surface area contributed by atoms with Gasteiger partial charge in [0, 0.05) is 24.9 Å². The van der Waals surface area contributed by atoms with Crippen molar-refractivity contribution >= 4 is 27.1 Å². The van der Waals surface area contributed by atoms with Crippen molar-refractivity contribution < 1.29 is 13.3 Å². The fourth-order valence-corrected chi connectivity index (χ4v) is 3.01. The van der Waals surface area contributed by atoms with E-state index in [2.05, 4.69) is 0 Å². The van der Waals surface area contributed by atoms with Crippen LogP contribution in [0.3, 0.4) is 0 Å². The predicted molar refractivity (Wildman–Crippen MR) is 79.5 cm³/mol. The van der Waals surface area contributed by atoms with Crippen LogP contribution < -0.4 is 10.0 Å². The molecular formula is C13H13N3O4S. The Hall–Kier alpha value is -2.61. The maximum Gasteiger partial charge on any atom is 0.269 e. The van der Waals surface area contributed by atoms with Crippen LogP contribution in [-0.4, -0.2) is 20.4 Å². The van der Waals surface area contributed by atoms with E-state index in [1.54, 1.807) is 12.1 Å². The minimum atomic E-state index is -3.76. The third-order valence-electron chi connectivity index (χ3n) is 2.94. The normalized spacial score (nSPS) is 11.1. The number of nitrogens with zero attached hydrogens (tertiary/aromatic N) is 2. The topological polar surface area (TPSA) is 107 Å². The van der Waals surface area contributed by atoms with Crippen molar-refractivity contribution in [1.82, 2.24) is 0 Å². The molecule has 21 heavy (non-hydrogen) atoms. The van der Waals surface area contributed by atoms with E-state index in [1.807, 2.05) is 0 Å². The first-order valence-corrected chi connectivity index (χ1v) is 7.35. The largest absolute Gasteiger partial charge is 0.399 e. The van der Waals surface area contributed by atoms with E-state index < -0.39 is 14.9 Å². The van der Waals surface area contributed by atoms with Crippen molar-refractivity contribution in [2.45, 2.75) is 4.90 Å². The minimum absolute atomic E-state index is 0.0587. The Labute approximate surface area is 121 Å². The Morgan fingerprint density at radius 2 is 1.76 bits per heavy atom. The van der Waals surface area contributed by atoms with Gasteiger partial charge in [0.1, 0.15) is 0 Å². The first kappa shape index (κ1) is 14.8. The second-order valence-electron chi connectivity index (χ2n) is 4.32. The van der Waals surface area contributed by atoms with Crippen molar-refractivity contribution in [3.05, 3.63) is 58.6 Å². The third-order valence-corrected chi connectivity index (χ3v) is 4.72. The zero-order chi connectivity index (χ0) is 15.6. The standard InChI is InChI=1S/C13H13N3O4S/c1-15(11-5-7-12(8-6-11)16(17)18)21(19,20)13-4-2-3-10(14)9-13/h2-9H,14H2,1H3. The molecule has 0 saturated carbocycles. The van der Waals surface area contributed by atoms with Crippen LogP contribution in [0.1, 0.15) is 0 Å². The fourth-order valence-electron chi connectivity index (χ4n) is 1.76. The highest BCUT2D eigenvalue weighted by atomic mass is 32.2. The van der Waals surface area contributed by atoms with Crippen LogP contribution in [0.15, 0.2) is 53.4 Å². The number of hydrogen-bond donors (Lipinski definition) is 1. The maximum absolute atomic E-state index is 12.4. The predicted octanol–water partition coefficient (Wildman–Crippen LogP) is 2.00. The van der Waals surface area contributed by atoms with Gasteiger partial charge >= 0.3 is 0 Å². The monoisotopic (exact) mass is 307 g/mol. The van der Waals surface area contributed by atoms with Crippen molar-refractivity contribution in [2.24, 2.45) is 0 Å². The second-order valence-corrected chi connectivity index (χ2v) is 6.29. The zero-order valence-corrected chi connectivity index (χ0v) is 11.9. The smallest absolute Gasteiger partial charge is 0.269 e. The number of nitro benzene ring substituents is 1. The van der Waals surface area contributed by atoms with E-state index in [0.29, 0.717) is 11.4 Å². The molecule has 0 atom stereocenters. The molecule has 2 aromatic rings. The van der Waals surface area contributed by atoms with Gasteiger partial charge < -0.3 is 5.73 Å². The summed E-state index contributed by atoms with van der Waals surface area (Å²) in [7, 11) is -2.39. The summed E-state index contributed by atoms with van der Waals surface area (Å²) >= 11 is 0. The number of nitrogen functional groups attached to an aromatic ring is 1. The molecule has 0 aliphatic rings. The molecule has 0 aliphatic heterocycles. The van der Waals surface area contributed by atoms with Gasteiger partial charge in [-0.05, 0) is 30.3 Å². The van der Waals surface area contributed by atoms with Crippen molar-refractivity contribution in [3.63, 3.8) is 0 Å². The number of sulfonamides is 1. The molecule has 2 N–H and O–H groups in total. The van der Waals surface area contributed by atoms with Gasteiger partial charge in [-0.3, -0.25) is 14.4 Å². The van der Waals surface area contributed by atoms with Gasteiger partial charge in [-0.2, -0.15) is 0 Å². The molecule has 2 aromatic carbocycles. The number of nitro groups is 1. The highest BCUT2D eigenvalue weighted by Crippen LogP contribution is 2.24. The van der Waals surface area contributed by atoms with Gasteiger partial charge in [0.2, 0.25) is 0 Å². The summed E-state index contributed by atoms with van der Waals surface area (Å²) in [6, 6.07) is 11.2. The van der Waals surface area contributed by atoms with Gasteiger partial charge in [-0.1, -0.05) is 6.07 Å². The number of nitrogens with two attached hydrogens (primary N) is 1. The maximum atomic E-state index is 12.4. The van der Waals surface area contributed by atoms with E-state index >= 15 is 0 Å². The Balaban J connectivity index is 2.38. The summed E-state index contributed by atoms with van der Waals surface area (Å²) in [5.74, 6) is 0. The van der Waals surface area contributed by atoms with Crippen LogP contribution in [-0.2, 0) is 10.0 Å². The average Bonchev–Trinajstić information content (AvgIpc) is 2.46. The highest BCUT2D eigenvalue weighted by molar-refractivity contribution is 7.92. The summed E-state index contributed by atoms with van der Waals surface area (Å²) in [4.78, 5) is 10.1. The molecule has 0 saturated heterocycles. The Bertz CT molecular complexity index is 772. The van der Waals surface area contributed by atoms with Crippen molar-refractivity contribution in [3.8, 4) is 0 Å². The van der Waals surface area contributed by atoms with Crippen molar-refractivity contribution in [1.29, 1.82) is 0 Å². The average molecular weight is 307 g/mol. The van der Waals surface area contributed by atoms with E-state index in [9.17, 15) is 18.5 Å². The van der Waals surface area contributed by atoms with Gasteiger partial charge in [-0.25, -0.2) is 8.42 Å². The zero-order valence-electron chi connectivity index (χ0n) is 11.1. The quantitative estimate of drug-likeness (QED) is 0.528. The molecule has 0 fully saturated rings.